The van der Waals surface area contributed by atoms with Crippen molar-refractivity contribution < 1.29 is 18.4 Å². The first-order valence-electron chi connectivity index (χ1n) is 11.0. The molecule has 2 heterocycles. The van der Waals surface area contributed by atoms with E-state index < -0.39 is 5.82 Å². The minimum Gasteiger partial charge on any atom is -0.494 e. The van der Waals surface area contributed by atoms with Gasteiger partial charge >= 0.3 is 6.01 Å². The van der Waals surface area contributed by atoms with E-state index in [1.54, 1.807) is 17.0 Å². The Kier molecular flexibility index (Phi) is 5.95. The molecule has 0 atom stereocenters. The summed E-state index contributed by atoms with van der Waals surface area (Å²) in [6, 6.07) is 19.2. The second-order valence-corrected chi connectivity index (χ2v) is 8.00. The Hall–Kier alpha value is -4.20. The van der Waals surface area contributed by atoms with E-state index in [2.05, 4.69) is 22.3 Å². The number of piperazine rings is 1. The number of ether oxygens (including phenoxy) is 1. The molecule has 34 heavy (non-hydrogen) atoms. The predicted octanol–water partition coefficient (Wildman–Crippen LogP) is 4.40. The molecule has 3 aromatic carbocycles. The van der Waals surface area contributed by atoms with E-state index in [-0.39, 0.29) is 11.7 Å². The summed E-state index contributed by atoms with van der Waals surface area (Å²) >= 11 is 0. The summed E-state index contributed by atoms with van der Waals surface area (Å²) in [5, 5.41) is 6.42. The second-order valence-electron chi connectivity index (χ2n) is 8.00. The Balaban J connectivity index is 1.20. The molecule has 0 unspecified atom stereocenters. The van der Waals surface area contributed by atoms with E-state index >= 15 is 0 Å². The monoisotopic (exact) mass is 458 g/mol. The predicted molar refractivity (Wildman–Crippen MR) is 128 cm³/mol. The number of amides is 1. The number of benzene rings is 3. The number of anilines is 1. The Morgan fingerprint density at radius 1 is 1.03 bits per heavy atom. The van der Waals surface area contributed by atoms with Crippen molar-refractivity contribution in [3.05, 3.63) is 78.1 Å². The van der Waals surface area contributed by atoms with Crippen molar-refractivity contribution in [3.8, 4) is 17.1 Å². The fourth-order valence-corrected chi connectivity index (χ4v) is 3.97. The Bertz CT molecular complexity index is 1360. The van der Waals surface area contributed by atoms with Crippen molar-refractivity contribution in [1.29, 1.82) is 0 Å². The first kappa shape index (κ1) is 21.6. The zero-order chi connectivity index (χ0) is 23.5. The van der Waals surface area contributed by atoms with Gasteiger partial charge in [-0.2, -0.15) is 4.98 Å². The van der Waals surface area contributed by atoms with Gasteiger partial charge in [0.1, 0.15) is 0 Å². The van der Waals surface area contributed by atoms with Gasteiger partial charge in [-0.1, -0.05) is 47.6 Å². The van der Waals surface area contributed by atoms with E-state index in [4.69, 9.17) is 9.26 Å². The number of fused-ring (bicyclic) bond motifs is 1. The molecule has 172 valence electrons. The number of rotatable bonds is 5. The number of aromatic nitrogens is 2. The number of halogens is 1. The van der Waals surface area contributed by atoms with E-state index in [0.29, 0.717) is 43.6 Å². The van der Waals surface area contributed by atoms with Crippen LogP contribution in [0, 0.1) is 5.82 Å². The van der Waals surface area contributed by atoms with Crippen LogP contribution in [0.1, 0.15) is 5.56 Å². The Labute approximate surface area is 196 Å². The molecule has 0 radical (unpaired) electrons. The summed E-state index contributed by atoms with van der Waals surface area (Å²) in [7, 11) is 1.41. The maximum atomic E-state index is 13.8. The summed E-state index contributed by atoms with van der Waals surface area (Å²) in [6.07, 6.45) is 3.06. The molecular weight excluding hydrogens is 435 g/mol. The van der Waals surface area contributed by atoms with Gasteiger partial charge in [-0.15, -0.1) is 0 Å². The zero-order valence-corrected chi connectivity index (χ0v) is 18.6. The van der Waals surface area contributed by atoms with Crippen molar-refractivity contribution in [3.63, 3.8) is 0 Å². The van der Waals surface area contributed by atoms with Crippen LogP contribution in [0.3, 0.4) is 0 Å². The minimum absolute atomic E-state index is 0.127. The van der Waals surface area contributed by atoms with Crippen molar-refractivity contribution >= 4 is 28.8 Å². The largest absolute Gasteiger partial charge is 0.494 e. The zero-order valence-electron chi connectivity index (χ0n) is 18.6. The van der Waals surface area contributed by atoms with Gasteiger partial charge in [0.2, 0.25) is 11.7 Å². The number of hydrogen-bond donors (Lipinski definition) is 0. The lowest BCUT2D eigenvalue weighted by atomic mass is 10.1. The van der Waals surface area contributed by atoms with Gasteiger partial charge < -0.3 is 19.1 Å². The minimum atomic E-state index is -0.465. The van der Waals surface area contributed by atoms with Crippen molar-refractivity contribution in [2.24, 2.45) is 0 Å². The van der Waals surface area contributed by atoms with E-state index in [1.165, 1.54) is 25.3 Å². The van der Waals surface area contributed by atoms with Crippen molar-refractivity contribution in [2.45, 2.75) is 0 Å². The second kappa shape index (κ2) is 9.35. The van der Waals surface area contributed by atoms with Crippen LogP contribution in [-0.4, -0.2) is 54.2 Å². The van der Waals surface area contributed by atoms with Gasteiger partial charge in [-0.05, 0) is 40.6 Å². The first-order valence-corrected chi connectivity index (χ1v) is 11.0. The molecule has 1 aliphatic rings. The highest BCUT2D eigenvalue weighted by Gasteiger charge is 2.23. The molecule has 0 saturated carbocycles. The SMILES string of the molecule is COc1ccc(/C=C/C(=O)N2CCN(c3nc(-c4ccc5ccccc5c4)no3)CC2)cc1F. The molecule has 0 spiro atoms. The van der Waals surface area contributed by atoms with E-state index in [0.717, 1.165) is 16.3 Å². The maximum Gasteiger partial charge on any atom is 0.324 e. The van der Waals surface area contributed by atoms with E-state index in [1.807, 2.05) is 35.2 Å². The van der Waals surface area contributed by atoms with Gasteiger partial charge in [0, 0.05) is 37.8 Å². The van der Waals surface area contributed by atoms with Crippen LogP contribution in [0.4, 0.5) is 10.4 Å². The van der Waals surface area contributed by atoms with Crippen LogP contribution < -0.4 is 9.64 Å². The van der Waals surface area contributed by atoms with Crippen LogP contribution in [0.25, 0.3) is 28.2 Å². The number of carbonyl (C=O) groups is 1. The van der Waals surface area contributed by atoms with E-state index in [9.17, 15) is 9.18 Å². The smallest absolute Gasteiger partial charge is 0.324 e. The summed E-state index contributed by atoms with van der Waals surface area (Å²) in [5.41, 5.74) is 1.49. The number of methoxy groups -OCH3 is 1. The molecule has 5 rings (SSSR count). The Morgan fingerprint density at radius 2 is 1.82 bits per heavy atom. The van der Waals surface area contributed by atoms with Gasteiger partial charge in [-0.3, -0.25) is 4.79 Å². The molecule has 1 aromatic heterocycles. The summed E-state index contributed by atoms with van der Waals surface area (Å²) in [6.45, 7) is 2.20. The number of nitrogens with zero attached hydrogens (tertiary/aromatic N) is 4. The van der Waals surface area contributed by atoms with Gasteiger partial charge in [0.05, 0.1) is 7.11 Å². The number of hydrogen-bond acceptors (Lipinski definition) is 6. The molecule has 1 aliphatic heterocycles. The lowest BCUT2D eigenvalue weighted by Crippen LogP contribution is -2.48. The standard InChI is InChI=1S/C26H23FN4O3/c1-33-23-10-6-18(16-22(23)27)7-11-24(32)30-12-14-31(15-13-30)26-28-25(29-34-26)21-9-8-19-4-2-3-5-20(19)17-21/h2-11,16-17H,12-15H2,1H3/b11-7+. The fourth-order valence-electron chi connectivity index (χ4n) is 3.97. The normalized spacial score (nSPS) is 14.2. The fraction of sp³-hybridized carbons (Fsp3) is 0.192. The van der Waals surface area contributed by atoms with Crippen LogP contribution >= 0.6 is 0 Å². The highest BCUT2D eigenvalue weighted by Crippen LogP contribution is 2.25. The van der Waals surface area contributed by atoms with Gasteiger partial charge in [0.15, 0.2) is 11.6 Å². The molecule has 0 aliphatic carbocycles. The molecule has 0 bridgehead atoms. The van der Waals surface area contributed by atoms with Crippen LogP contribution in [0.2, 0.25) is 0 Å². The molecule has 4 aromatic rings. The lowest BCUT2D eigenvalue weighted by Gasteiger charge is -2.32. The summed E-state index contributed by atoms with van der Waals surface area (Å²) < 4.78 is 24.3. The van der Waals surface area contributed by atoms with Crippen LogP contribution in [-0.2, 0) is 4.79 Å². The average molecular weight is 458 g/mol. The van der Waals surface area contributed by atoms with Crippen LogP contribution in [0.15, 0.2) is 71.3 Å². The van der Waals surface area contributed by atoms with Gasteiger partial charge in [0.25, 0.3) is 0 Å². The molecular formula is C26H23FN4O3. The third-order valence-corrected chi connectivity index (χ3v) is 5.88. The van der Waals surface area contributed by atoms with Crippen molar-refractivity contribution in [1.82, 2.24) is 15.0 Å². The van der Waals surface area contributed by atoms with Crippen molar-refractivity contribution in [2.75, 3.05) is 38.2 Å². The molecule has 7 nitrogen and oxygen atoms in total. The summed E-state index contributed by atoms with van der Waals surface area (Å²) in [4.78, 5) is 20.9. The lowest BCUT2D eigenvalue weighted by molar-refractivity contribution is -0.126. The highest BCUT2D eigenvalue weighted by atomic mass is 19.1. The molecule has 1 amide bonds. The summed E-state index contributed by atoms with van der Waals surface area (Å²) in [5.74, 6) is 0.116. The third kappa shape index (κ3) is 4.47. The molecule has 1 fully saturated rings. The van der Waals surface area contributed by atoms with Gasteiger partial charge in [-0.25, -0.2) is 4.39 Å². The molecule has 8 heteroatoms. The molecule has 1 saturated heterocycles. The topological polar surface area (TPSA) is 71.7 Å². The third-order valence-electron chi connectivity index (χ3n) is 5.88. The quantitative estimate of drug-likeness (QED) is 0.413. The molecule has 0 N–H and O–H groups in total. The first-order chi connectivity index (χ1) is 16.6. The maximum absolute atomic E-state index is 13.8. The van der Waals surface area contributed by atoms with Crippen LogP contribution in [0.5, 0.6) is 5.75 Å². The highest BCUT2D eigenvalue weighted by molar-refractivity contribution is 5.92. The Morgan fingerprint density at radius 3 is 2.59 bits per heavy atom. The number of carbonyl (C=O) groups excluding carboxylic acids is 1. The average Bonchev–Trinajstić information content (AvgIpc) is 3.37.